The number of nitrogens with zero attached hydrogens (tertiary/aromatic N) is 2. The monoisotopic (exact) mass is 304 g/mol. The number of carbonyl (C=O) groups is 1. The summed E-state index contributed by atoms with van der Waals surface area (Å²) in [6, 6.07) is 4.63. The first kappa shape index (κ1) is 14.7. The van der Waals surface area contributed by atoms with E-state index in [0.717, 1.165) is 12.1 Å². The Labute approximate surface area is 119 Å². The van der Waals surface area contributed by atoms with Crippen molar-refractivity contribution in [2.75, 3.05) is 25.5 Å². The molecule has 1 aromatic carbocycles. The average molecular weight is 305 g/mol. The third kappa shape index (κ3) is 2.60. The lowest BCUT2D eigenvalue weighted by Crippen LogP contribution is -2.27. The Morgan fingerprint density at radius 2 is 1.95 bits per heavy atom. The summed E-state index contributed by atoms with van der Waals surface area (Å²) < 4.78 is 38.1. The molecule has 0 unspecified atom stereocenters. The number of halogens is 4. The maximum atomic E-state index is 12.7. The summed E-state index contributed by atoms with van der Waals surface area (Å²) in [5.41, 5.74) is -0.0360. The van der Waals surface area contributed by atoms with Gasteiger partial charge in [-0.1, -0.05) is 17.7 Å². The van der Waals surface area contributed by atoms with Crippen molar-refractivity contribution >= 4 is 23.2 Å². The first-order valence-corrected chi connectivity index (χ1v) is 6.14. The van der Waals surface area contributed by atoms with Crippen molar-refractivity contribution < 1.29 is 18.0 Å². The van der Waals surface area contributed by atoms with Crippen molar-refractivity contribution in [1.29, 1.82) is 0 Å². The van der Waals surface area contributed by atoms with E-state index in [9.17, 15) is 18.0 Å². The molecule has 0 fully saturated rings. The molecule has 108 valence electrons. The molecule has 7 heteroatoms. The second-order valence-corrected chi connectivity index (χ2v) is 4.97. The molecule has 0 bridgehead atoms. The van der Waals surface area contributed by atoms with Gasteiger partial charge in [0.05, 0.1) is 17.8 Å². The molecule has 0 spiro atoms. The summed E-state index contributed by atoms with van der Waals surface area (Å²) in [4.78, 5) is 14.9. The van der Waals surface area contributed by atoms with Gasteiger partial charge in [0.1, 0.15) is 5.03 Å². The van der Waals surface area contributed by atoms with E-state index in [1.807, 2.05) is 0 Å². The van der Waals surface area contributed by atoms with Crippen LogP contribution in [0.15, 0.2) is 35.0 Å². The summed E-state index contributed by atoms with van der Waals surface area (Å²) in [7, 11) is 3.45. The predicted molar refractivity (Wildman–Crippen MR) is 70.4 cm³/mol. The zero-order valence-electron chi connectivity index (χ0n) is 10.8. The largest absolute Gasteiger partial charge is 0.416 e. The van der Waals surface area contributed by atoms with Crippen molar-refractivity contribution in [3.63, 3.8) is 0 Å². The second kappa shape index (κ2) is 5.01. The lowest BCUT2D eigenvalue weighted by Gasteiger charge is -2.20. The van der Waals surface area contributed by atoms with Crippen molar-refractivity contribution in [2.45, 2.75) is 6.18 Å². The molecule has 1 heterocycles. The van der Waals surface area contributed by atoms with E-state index in [4.69, 9.17) is 11.6 Å². The number of amides is 1. The molecular weight excluding hydrogens is 293 g/mol. The molecule has 20 heavy (non-hydrogen) atoms. The third-order valence-corrected chi connectivity index (χ3v) is 3.40. The Kier molecular flexibility index (Phi) is 3.69. The second-order valence-electron chi connectivity index (χ2n) is 4.59. The van der Waals surface area contributed by atoms with E-state index < -0.39 is 17.6 Å². The number of rotatable bonds is 2. The van der Waals surface area contributed by atoms with Crippen LogP contribution in [0.1, 0.15) is 5.56 Å². The molecule has 0 N–H and O–H groups in total. The number of hydrogen-bond donors (Lipinski definition) is 0. The minimum atomic E-state index is -4.44. The number of hydrogen-bond acceptors (Lipinski definition) is 2. The van der Waals surface area contributed by atoms with Gasteiger partial charge in [-0.3, -0.25) is 4.79 Å². The van der Waals surface area contributed by atoms with Gasteiger partial charge in [-0.2, -0.15) is 13.2 Å². The van der Waals surface area contributed by atoms with Crippen LogP contribution in [0.2, 0.25) is 0 Å². The maximum absolute atomic E-state index is 12.7. The van der Waals surface area contributed by atoms with Gasteiger partial charge in [0.15, 0.2) is 0 Å². The lowest BCUT2D eigenvalue weighted by molar-refractivity contribution is -0.137. The van der Waals surface area contributed by atoms with Gasteiger partial charge in [-0.25, -0.2) is 0 Å². The smallest absolute Gasteiger partial charge is 0.378 e. The molecule has 0 atom stereocenters. The highest BCUT2D eigenvalue weighted by molar-refractivity contribution is 6.45. The molecule has 0 aliphatic carbocycles. The topological polar surface area (TPSA) is 23.6 Å². The molecule has 1 amide bonds. The van der Waals surface area contributed by atoms with E-state index in [0.29, 0.717) is 5.70 Å². The molecule has 2 rings (SSSR count). The van der Waals surface area contributed by atoms with Crippen LogP contribution in [-0.2, 0) is 11.0 Å². The number of carbonyl (C=O) groups excluding carboxylic acids is 1. The van der Waals surface area contributed by atoms with Crippen molar-refractivity contribution in [3.05, 3.63) is 40.6 Å². The molecule has 3 nitrogen and oxygen atoms in total. The van der Waals surface area contributed by atoms with Gasteiger partial charge in [0.2, 0.25) is 0 Å². The van der Waals surface area contributed by atoms with E-state index in [1.54, 1.807) is 19.0 Å². The zero-order chi connectivity index (χ0) is 15.1. The molecule has 0 radical (unpaired) electrons. The van der Waals surface area contributed by atoms with E-state index in [-0.39, 0.29) is 17.3 Å². The molecule has 1 aliphatic heterocycles. The van der Waals surface area contributed by atoms with Crippen LogP contribution in [0.3, 0.4) is 0 Å². The summed E-state index contributed by atoms with van der Waals surface area (Å²) in [5.74, 6) is -0.491. The van der Waals surface area contributed by atoms with Crippen LogP contribution >= 0.6 is 11.6 Å². The number of likely N-dealkylation sites (N-methyl/N-ethyl adjacent to an activating group) is 1. The van der Waals surface area contributed by atoms with Crippen molar-refractivity contribution in [2.24, 2.45) is 0 Å². The van der Waals surface area contributed by atoms with Crippen LogP contribution in [0, 0.1) is 0 Å². The average Bonchev–Trinajstić information content (AvgIpc) is 2.66. The molecule has 1 aliphatic rings. The zero-order valence-corrected chi connectivity index (χ0v) is 11.6. The van der Waals surface area contributed by atoms with E-state index in [2.05, 4.69) is 0 Å². The van der Waals surface area contributed by atoms with Gasteiger partial charge in [-0.15, -0.1) is 0 Å². The van der Waals surface area contributed by atoms with Crippen LogP contribution in [-0.4, -0.2) is 31.4 Å². The Hall–Kier alpha value is -1.69. The normalized spacial score (nSPS) is 16.1. The number of benzene rings is 1. The fourth-order valence-corrected chi connectivity index (χ4v) is 2.26. The Balaban J connectivity index is 2.34. The fraction of sp³-hybridized carbons (Fsp3) is 0.308. The summed E-state index contributed by atoms with van der Waals surface area (Å²) in [6.07, 6.45) is -4.44. The Morgan fingerprint density at radius 1 is 1.30 bits per heavy atom. The maximum Gasteiger partial charge on any atom is 0.416 e. The van der Waals surface area contributed by atoms with Crippen molar-refractivity contribution in [3.8, 4) is 0 Å². The molecule has 1 aromatic rings. The Morgan fingerprint density at radius 3 is 2.45 bits per heavy atom. The number of anilines is 1. The minimum absolute atomic E-state index is 0.0346. The van der Waals surface area contributed by atoms with Crippen LogP contribution in [0.5, 0.6) is 0 Å². The summed E-state index contributed by atoms with van der Waals surface area (Å²) >= 11 is 5.92. The van der Waals surface area contributed by atoms with Crippen LogP contribution in [0.4, 0.5) is 18.9 Å². The first-order chi connectivity index (χ1) is 9.21. The SMILES string of the molecule is CN(C)C1=C(Cl)C(=O)N(c2cccc(C(F)(F)F)c2)C1. The van der Waals surface area contributed by atoms with Crippen molar-refractivity contribution in [1.82, 2.24) is 4.90 Å². The highest BCUT2D eigenvalue weighted by Gasteiger charge is 2.34. The highest BCUT2D eigenvalue weighted by atomic mass is 35.5. The molecule has 0 saturated heterocycles. The molecule has 0 aromatic heterocycles. The van der Waals surface area contributed by atoms with Gasteiger partial charge in [0, 0.05) is 19.8 Å². The lowest BCUT2D eigenvalue weighted by atomic mass is 10.2. The standard InChI is InChI=1S/C13H12ClF3N2O/c1-18(2)10-7-19(12(20)11(10)14)9-5-3-4-8(6-9)13(15,16)17/h3-6H,7H2,1-2H3. The van der Waals surface area contributed by atoms with Crippen LogP contribution in [0.25, 0.3) is 0 Å². The Bertz CT molecular complexity index is 581. The van der Waals surface area contributed by atoms with Gasteiger partial charge in [0.25, 0.3) is 5.91 Å². The fourth-order valence-electron chi connectivity index (χ4n) is 1.93. The summed E-state index contributed by atoms with van der Waals surface area (Å²) in [5, 5.41) is 0.0346. The summed E-state index contributed by atoms with van der Waals surface area (Å²) in [6.45, 7) is 0.159. The highest BCUT2D eigenvalue weighted by Crippen LogP contribution is 2.34. The number of alkyl halides is 3. The minimum Gasteiger partial charge on any atom is -0.378 e. The quantitative estimate of drug-likeness (QED) is 0.838. The van der Waals surface area contributed by atoms with Crippen LogP contribution < -0.4 is 4.90 Å². The van der Waals surface area contributed by atoms with Gasteiger partial charge < -0.3 is 9.80 Å². The van der Waals surface area contributed by atoms with Gasteiger partial charge >= 0.3 is 6.18 Å². The molecular formula is C13H12ClF3N2O. The van der Waals surface area contributed by atoms with Gasteiger partial charge in [-0.05, 0) is 18.2 Å². The molecule has 0 saturated carbocycles. The predicted octanol–water partition coefficient (Wildman–Crippen LogP) is 3.06. The first-order valence-electron chi connectivity index (χ1n) is 5.77. The van der Waals surface area contributed by atoms with E-state index >= 15 is 0 Å². The third-order valence-electron chi connectivity index (χ3n) is 3.02. The van der Waals surface area contributed by atoms with E-state index in [1.165, 1.54) is 17.0 Å².